The van der Waals surface area contributed by atoms with Crippen molar-refractivity contribution in [2.75, 3.05) is 13.2 Å². The normalized spacial score (nSPS) is 12.8. The van der Waals surface area contributed by atoms with Crippen molar-refractivity contribution in [2.45, 2.75) is 335 Å². The molecule has 0 rings (SSSR count). The Labute approximate surface area is 501 Å². The first-order valence-electron chi connectivity index (χ1n) is 34.4. The molecule has 1 unspecified atom stereocenters. The van der Waals surface area contributed by atoms with Gasteiger partial charge in [-0.2, -0.15) is 0 Å². The molecular formula is C75H128O6. The maximum atomic E-state index is 12.9. The van der Waals surface area contributed by atoms with E-state index >= 15 is 0 Å². The fraction of sp³-hybridized carbons (Fsp3) is 0.720. The summed E-state index contributed by atoms with van der Waals surface area (Å²) >= 11 is 0. The van der Waals surface area contributed by atoms with Crippen LogP contribution in [0.4, 0.5) is 0 Å². The molecule has 0 amide bonds. The van der Waals surface area contributed by atoms with Crippen molar-refractivity contribution in [3.05, 3.63) is 109 Å². The Morgan fingerprint density at radius 2 is 0.481 bits per heavy atom. The summed E-state index contributed by atoms with van der Waals surface area (Å²) in [7, 11) is 0. The van der Waals surface area contributed by atoms with E-state index in [2.05, 4.69) is 130 Å². The summed E-state index contributed by atoms with van der Waals surface area (Å²) < 4.78 is 16.9. The second kappa shape index (κ2) is 68.6. The van der Waals surface area contributed by atoms with E-state index in [0.29, 0.717) is 19.3 Å². The number of ether oxygens (including phenoxy) is 3. The van der Waals surface area contributed by atoms with Crippen molar-refractivity contribution in [3.8, 4) is 0 Å². The van der Waals surface area contributed by atoms with E-state index in [1.54, 1.807) is 0 Å². The number of allylic oxidation sites excluding steroid dienone is 18. The molecule has 1 atom stereocenters. The van der Waals surface area contributed by atoms with Crippen LogP contribution in [0.15, 0.2) is 109 Å². The minimum atomic E-state index is -0.787. The van der Waals surface area contributed by atoms with Gasteiger partial charge in [-0.05, 0) is 128 Å². The van der Waals surface area contributed by atoms with Gasteiger partial charge in [0.2, 0.25) is 0 Å². The minimum Gasteiger partial charge on any atom is -0.462 e. The number of unbranched alkanes of at least 4 members (excludes halogenated alkanes) is 33. The Bertz CT molecular complexity index is 1620. The van der Waals surface area contributed by atoms with E-state index in [1.165, 1.54) is 173 Å². The summed E-state index contributed by atoms with van der Waals surface area (Å²) in [5.41, 5.74) is 0. The zero-order valence-electron chi connectivity index (χ0n) is 53.3. The third kappa shape index (κ3) is 66.8. The largest absolute Gasteiger partial charge is 0.462 e. The molecule has 0 spiro atoms. The van der Waals surface area contributed by atoms with Crippen LogP contribution in [0.25, 0.3) is 0 Å². The molecule has 0 aliphatic carbocycles. The summed E-state index contributed by atoms with van der Waals surface area (Å²) in [6.45, 7) is 6.50. The van der Waals surface area contributed by atoms with Gasteiger partial charge in [0.15, 0.2) is 6.10 Å². The molecule has 0 N–H and O–H groups in total. The predicted molar refractivity (Wildman–Crippen MR) is 353 cm³/mol. The standard InChI is InChI=1S/C75H128O6/c1-4-7-10-13-16-19-22-25-27-29-30-31-32-33-34-35-36-37-38-39-40-41-42-43-44-46-47-50-53-56-59-62-65-68-74(77)80-71-72(70-79-73(76)67-64-61-58-55-52-49-24-21-18-15-12-9-6-3)81-75(78)69-66-63-60-57-54-51-48-45-28-26-23-20-17-14-11-8-5-2/h7,10,16-17,19-21,24-28,30-31,33-34,36-37,72H,4-6,8-9,11-15,18,22-23,29,32,35,38-71H2,1-3H3/b10-7-,19-16-,20-17-,24-21-,27-25-,28-26-,31-30-,34-33-,37-36-. The number of hydrogen-bond acceptors (Lipinski definition) is 6. The van der Waals surface area contributed by atoms with Crippen LogP contribution in [-0.2, 0) is 28.6 Å². The molecule has 464 valence electrons. The van der Waals surface area contributed by atoms with Gasteiger partial charge in [0, 0.05) is 19.3 Å². The van der Waals surface area contributed by atoms with Crippen LogP contribution in [0.1, 0.15) is 329 Å². The molecule has 81 heavy (non-hydrogen) atoms. The van der Waals surface area contributed by atoms with Crippen LogP contribution < -0.4 is 0 Å². The Morgan fingerprint density at radius 3 is 0.790 bits per heavy atom. The number of rotatable bonds is 62. The van der Waals surface area contributed by atoms with Crippen LogP contribution in [-0.4, -0.2) is 37.2 Å². The monoisotopic (exact) mass is 1120 g/mol. The van der Waals surface area contributed by atoms with Gasteiger partial charge in [0.1, 0.15) is 13.2 Å². The van der Waals surface area contributed by atoms with Crippen LogP contribution in [0.5, 0.6) is 0 Å². The van der Waals surface area contributed by atoms with E-state index in [-0.39, 0.29) is 31.1 Å². The molecule has 6 heteroatoms. The van der Waals surface area contributed by atoms with Gasteiger partial charge in [-0.3, -0.25) is 14.4 Å². The number of carbonyl (C=O) groups excluding carboxylic acids is 3. The van der Waals surface area contributed by atoms with Crippen molar-refractivity contribution >= 4 is 17.9 Å². The van der Waals surface area contributed by atoms with Crippen molar-refractivity contribution in [2.24, 2.45) is 0 Å². The number of hydrogen-bond donors (Lipinski definition) is 0. The molecule has 0 aromatic rings. The Morgan fingerprint density at radius 1 is 0.259 bits per heavy atom. The van der Waals surface area contributed by atoms with E-state index in [4.69, 9.17) is 14.2 Å². The summed E-state index contributed by atoms with van der Waals surface area (Å²) in [6.07, 6.45) is 93.9. The van der Waals surface area contributed by atoms with Gasteiger partial charge >= 0.3 is 17.9 Å². The van der Waals surface area contributed by atoms with E-state index < -0.39 is 6.10 Å². The van der Waals surface area contributed by atoms with Crippen molar-refractivity contribution < 1.29 is 28.6 Å². The lowest BCUT2D eigenvalue weighted by Gasteiger charge is -2.18. The maximum absolute atomic E-state index is 12.9. The van der Waals surface area contributed by atoms with Gasteiger partial charge in [-0.25, -0.2) is 0 Å². The highest BCUT2D eigenvalue weighted by molar-refractivity contribution is 5.71. The molecule has 0 heterocycles. The first-order valence-corrected chi connectivity index (χ1v) is 34.4. The molecule has 0 radical (unpaired) electrons. The highest BCUT2D eigenvalue weighted by Crippen LogP contribution is 2.16. The second-order valence-corrected chi connectivity index (χ2v) is 22.7. The molecule has 0 saturated heterocycles. The van der Waals surface area contributed by atoms with Crippen molar-refractivity contribution in [1.29, 1.82) is 0 Å². The first-order chi connectivity index (χ1) is 40.0. The van der Waals surface area contributed by atoms with Crippen molar-refractivity contribution in [1.82, 2.24) is 0 Å². The molecular weight excluding hydrogens is 997 g/mol. The van der Waals surface area contributed by atoms with E-state index in [0.717, 1.165) is 116 Å². The summed E-state index contributed by atoms with van der Waals surface area (Å²) in [5.74, 6) is -0.888. The third-order valence-corrected chi connectivity index (χ3v) is 14.7. The summed E-state index contributed by atoms with van der Waals surface area (Å²) in [6, 6.07) is 0. The molecule has 0 aliphatic heterocycles. The average Bonchev–Trinajstić information content (AvgIpc) is 3.46. The molecule has 0 bridgehead atoms. The van der Waals surface area contributed by atoms with Crippen LogP contribution >= 0.6 is 0 Å². The molecule has 0 fully saturated rings. The molecule has 0 aromatic heterocycles. The Kier molecular flexibility index (Phi) is 65.2. The fourth-order valence-electron chi connectivity index (χ4n) is 9.59. The third-order valence-electron chi connectivity index (χ3n) is 14.7. The highest BCUT2D eigenvalue weighted by atomic mass is 16.6. The zero-order valence-corrected chi connectivity index (χ0v) is 53.3. The lowest BCUT2D eigenvalue weighted by molar-refractivity contribution is -0.167. The van der Waals surface area contributed by atoms with Gasteiger partial charge in [-0.1, -0.05) is 291 Å². The second-order valence-electron chi connectivity index (χ2n) is 22.7. The van der Waals surface area contributed by atoms with Gasteiger partial charge in [0.25, 0.3) is 0 Å². The first kappa shape index (κ1) is 77.1. The van der Waals surface area contributed by atoms with E-state index in [1.807, 2.05) is 0 Å². The van der Waals surface area contributed by atoms with Crippen LogP contribution in [0.2, 0.25) is 0 Å². The predicted octanol–water partition coefficient (Wildman–Crippen LogP) is 23.8. The summed E-state index contributed by atoms with van der Waals surface area (Å²) in [5, 5.41) is 0. The quantitative estimate of drug-likeness (QED) is 0.0261. The highest BCUT2D eigenvalue weighted by Gasteiger charge is 2.19. The molecule has 0 aliphatic rings. The van der Waals surface area contributed by atoms with Crippen LogP contribution in [0, 0.1) is 0 Å². The SMILES string of the molecule is CC/C=C\C/C=C\C/C=C\C/C=C\C/C=C\C/C=C\CCCCCCCCCCCCCCCCC(=O)OCC(COC(=O)CCCCCCC/C=C\CCCCCC)OC(=O)CCCCCCCCC/C=C\C/C=C\CCCCC. The topological polar surface area (TPSA) is 78.9 Å². The Hall–Kier alpha value is -3.93. The van der Waals surface area contributed by atoms with Crippen molar-refractivity contribution in [3.63, 3.8) is 0 Å². The van der Waals surface area contributed by atoms with Crippen LogP contribution in [0.3, 0.4) is 0 Å². The Balaban J connectivity index is 4.21. The molecule has 6 nitrogen and oxygen atoms in total. The zero-order chi connectivity index (χ0) is 58.5. The maximum Gasteiger partial charge on any atom is 0.306 e. The minimum absolute atomic E-state index is 0.0823. The lowest BCUT2D eigenvalue weighted by Crippen LogP contribution is -2.30. The molecule has 0 saturated carbocycles. The van der Waals surface area contributed by atoms with E-state index in [9.17, 15) is 14.4 Å². The summed E-state index contributed by atoms with van der Waals surface area (Å²) in [4.78, 5) is 38.3. The van der Waals surface area contributed by atoms with Gasteiger partial charge in [-0.15, -0.1) is 0 Å². The number of esters is 3. The number of carbonyl (C=O) groups is 3. The van der Waals surface area contributed by atoms with Gasteiger partial charge < -0.3 is 14.2 Å². The lowest BCUT2D eigenvalue weighted by atomic mass is 10.0. The fourth-order valence-corrected chi connectivity index (χ4v) is 9.59. The van der Waals surface area contributed by atoms with Gasteiger partial charge in [0.05, 0.1) is 0 Å². The smallest absolute Gasteiger partial charge is 0.306 e. The average molecular weight is 1130 g/mol. The molecule has 0 aromatic carbocycles.